The number of hydrogen-bond acceptors (Lipinski definition) is 4. The molecule has 1 N–H and O–H groups in total. The molecule has 0 radical (unpaired) electrons. The third-order valence-electron chi connectivity index (χ3n) is 5.27. The van der Waals surface area contributed by atoms with Crippen molar-refractivity contribution in [3.63, 3.8) is 0 Å². The maximum absolute atomic E-state index is 13.1. The van der Waals surface area contributed by atoms with E-state index in [-0.39, 0.29) is 17.3 Å². The van der Waals surface area contributed by atoms with Crippen molar-refractivity contribution in [1.82, 2.24) is 9.62 Å². The molecule has 1 atom stereocenters. The first-order chi connectivity index (χ1) is 13.7. The van der Waals surface area contributed by atoms with Crippen LogP contribution in [0.25, 0.3) is 0 Å². The maximum Gasteiger partial charge on any atom is 0.243 e. The molecule has 1 aliphatic rings. The van der Waals surface area contributed by atoms with E-state index in [0.717, 1.165) is 23.4 Å². The average Bonchev–Trinajstić information content (AvgIpc) is 2.72. The van der Waals surface area contributed by atoms with Crippen LogP contribution in [0, 0.1) is 11.2 Å². The standard InChI is InChI=1S/C21H25FN2O4S/c1-21(20(25)23-14-16-4-8-18(28-2)9-5-16)12-3-13-24(15-21)29(26,27)19-10-6-17(22)7-11-19/h4-11H,3,12-15H2,1-2H3,(H,23,25). The van der Waals surface area contributed by atoms with Gasteiger partial charge in [-0.3, -0.25) is 4.79 Å². The van der Waals surface area contributed by atoms with Crippen LogP contribution in [0.5, 0.6) is 5.75 Å². The molecule has 2 aromatic rings. The van der Waals surface area contributed by atoms with Gasteiger partial charge in [0.05, 0.1) is 17.4 Å². The number of piperidine rings is 1. The van der Waals surface area contributed by atoms with Gasteiger partial charge in [-0.25, -0.2) is 12.8 Å². The molecule has 1 unspecified atom stereocenters. The molecule has 1 amide bonds. The molecule has 29 heavy (non-hydrogen) atoms. The van der Waals surface area contributed by atoms with Crippen LogP contribution in [0.2, 0.25) is 0 Å². The highest BCUT2D eigenvalue weighted by Gasteiger charge is 2.41. The number of ether oxygens (including phenoxy) is 1. The second kappa shape index (κ2) is 8.51. The second-order valence-corrected chi connectivity index (χ2v) is 9.43. The monoisotopic (exact) mass is 420 g/mol. The fraction of sp³-hybridized carbons (Fsp3) is 0.381. The molecule has 1 saturated heterocycles. The van der Waals surface area contributed by atoms with Gasteiger partial charge in [-0.1, -0.05) is 12.1 Å². The van der Waals surface area contributed by atoms with Crippen molar-refractivity contribution in [2.24, 2.45) is 5.41 Å². The third kappa shape index (κ3) is 4.76. The van der Waals surface area contributed by atoms with Crippen LogP contribution in [-0.4, -0.2) is 38.8 Å². The number of amides is 1. The van der Waals surface area contributed by atoms with Crippen LogP contribution in [0.1, 0.15) is 25.3 Å². The summed E-state index contributed by atoms with van der Waals surface area (Å²) in [5.41, 5.74) is 0.0898. The molecule has 0 spiro atoms. The van der Waals surface area contributed by atoms with E-state index in [1.165, 1.54) is 16.4 Å². The van der Waals surface area contributed by atoms with Gasteiger partial charge in [0, 0.05) is 19.6 Å². The van der Waals surface area contributed by atoms with Gasteiger partial charge in [-0.2, -0.15) is 4.31 Å². The Morgan fingerprint density at radius 2 is 1.83 bits per heavy atom. The van der Waals surface area contributed by atoms with Crippen molar-refractivity contribution in [1.29, 1.82) is 0 Å². The number of methoxy groups -OCH3 is 1. The summed E-state index contributed by atoms with van der Waals surface area (Å²) in [6.07, 6.45) is 1.17. The van der Waals surface area contributed by atoms with Crippen molar-refractivity contribution in [3.8, 4) is 5.75 Å². The van der Waals surface area contributed by atoms with Gasteiger partial charge >= 0.3 is 0 Å². The average molecular weight is 421 g/mol. The summed E-state index contributed by atoms with van der Waals surface area (Å²) in [5, 5.41) is 2.92. The van der Waals surface area contributed by atoms with Crippen LogP contribution in [-0.2, 0) is 21.4 Å². The van der Waals surface area contributed by atoms with E-state index < -0.39 is 21.3 Å². The molecule has 1 fully saturated rings. The lowest BCUT2D eigenvalue weighted by Gasteiger charge is -2.38. The maximum atomic E-state index is 13.1. The van der Waals surface area contributed by atoms with Gasteiger partial charge in [0.25, 0.3) is 0 Å². The van der Waals surface area contributed by atoms with Crippen molar-refractivity contribution in [2.75, 3.05) is 20.2 Å². The first-order valence-electron chi connectivity index (χ1n) is 9.41. The lowest BCUT2D eigenvalue weighted by molar-refractivity contribution is -0.132. The summed E-state index contributed by atoms with van der Waals surface area (Å²) < 4.78 is 45.4. The summed E-state index contributed by atoms with van der Waals surface area (Å²) >= 11 is 0. The van der Waals surface area contributed by atoms with Gasteiger partial charge < -0.3 is 10.1 Å². The Bertz CT molecular complexity index is 961. The van der Waals surface area contributed by atoms with Crippen LogP contribution in [0.3, 0.4) is 0 Å². The number of hydrogen-bond donors (Lipinski definition) is 1. The number of halogens is 1. The topological polar surface area (TPSA) is 75.7 Å². The SMILES string of the molecule is COc1ccc(CNC(=O)C2(C)CCCN(S(=O)(=O)c3ccc(F)cc3)C2)cc1. The first-order valence-corrected chi connectivity index (χ1v) is 10.9. The molecular weight excluding hydrogens is 395 g/mol. The lowest BCUT2D eigenvalue weighted by Crippen LogP contribution is -2.51. The fourth-order valence-corrected chi connectivity index (χ4v) is 5.08. The summed E-state index contributed by atoms with van der Waals surface area (Å²) in [4.78, 5) is 12.9. The predicted molar refractivity (Wildman–Crippen MR) is 107 cm³/mol. The van der Waals surface area contributed by atoms with E-state index in [9.17, 15) is 17.6 Å². The molecule has 0 bridgehead atoms. The summed E-state index contributed by atoms with van der Waals surface area (Å²) in [6.45, 7) is 2.55. The minimum absolute atomic E-state index is 0.0294. The van der Waals surface area contributed by atoms with Gasteiger partial charge in [-0.15, -0.1) is 0 Å². The van der Waals surface area contributed by atoms with Crippen molar-refractivity contribution >= 4 is 15.9 Å². The molecular formula is C21H25FN2O4S. The highest BCUT2D eigenvalue weighted by atomic mass is 32.2. The molecule has 0 saturated carbocycles. The van der Waals surface area contributed by atoms with Gasteiger partial charge in [0.15, 0.2) is 0 Å². The van der Waals surface area contributed by atoms with Crippen LogP contribution >= 0.6 is 0 Å². The molecule has 1 heterocycles. The minimum atomic E-state index is -3.79. The molecule has 0 aliphatic carbocycles. The quantitative estimate of drug-likeness (QED) is 0.780. The Hall–Kier alpha value is -2.45. The van der Waals surface area contributed by atoms with E-state index >= 15 is 0 Å². The van der Waals surface area contributed by atoms with E-state index in [0.29, 0.717) is 25.9 Å². The van der Waals surface area contributed by atoms with Crippen molar-refractivity contribution in [3.05, 3.63) is 59.9 Å². The van der Waals surface area contributed by atoms with Crippen molar-refractivity contribution in [2.45, 2.75) is 31.2 Å². The smallest absolute Gasteiger partial charge is 0.243 e. The highest BCUT2D eigenvalue weighted by molar-refractivity contribution is 7.89. The molecule has 156 valence electrons. The lowest BCUT2D eigenvalue weighted by atomic mass is 9.82. The number of nitrogens with one attached hydrogen (secondary N) is 1. The summed E-state index contributed by atoms with van der Waals surface area (Å²) in [7, 11) is -2.20. The predicted octanol–water partition coefficient (Wildman–Crippen LogP) is 2.94. The Morgan fingerprint density at radius 3 is 2.45 bits per heavy atom. The molecule has 2 aromatic carbocycles. The molecule has 8 heteroatoms. The largest absolute Gasteiger partial charge is 0.497 e. The number of carbonyl (C=O) groups excluding carboxylic acids is 1. The van der Waals surface area contributed by atoms with E-state index in [1.54, 1.807) is 14.0 Å². The first kappa shape index (κ1) is 21.3. The van der Waals surface area contributed by atoms with Gasteiger partial charge in [-0.05, 0) is 61.7 Å². The van der Waals surface area contributed by atoms with Crippen LogP contribution in [0.15, 0.2) is 53.4 Å². The normalized spacial score (nSPS) is 20.2. The third-order valence-corrected chi connectivity index (χ3v) is 7.13. The number of sulfonamides is 1. The number of benzene rings is 2. The highest BCUT2D eigenvalue weighted by Crippen LogP contribution is 2.33. The number of nitrogens with zero attached hydrogens (tertiary/aromatic N) is 1. The zero-order valence-electron chi connectivity index (χ0n) is 16.5. The van der Waals surface area contributed by atoms with Crippen molar-refractivity contribution < 1.29 is 22.3 Å². The molecule has 0 aromatic heterocycles. The van der Waals surface area contributed by atoms with Crippen LogP contribution in [0.4, 0.5) is 4.39 Å². The Kier molecular flexibility index (Phi) is 6.24. The van der Waals surface area contributed by atoms with Gasteiger partial charge in [0.2, 0.25) is 15.9 Å². The zero-order valence-corrected chi connectivity index (χ0v) is 17.3. The molecule has 1 aliphatic heterocycles. The Morgan fingerprint density at radius 1 is 1.17 bits per heavy atom. The zero-order chi connectivity index (χ0) is 21.1. The summed E-state index contributed by atoms with van der Waals surface area (Å²) in [6, 6.07) is 12.1. The Balaban J connectivity index is 1.68. The Labute approximate surface area is 170 Å². The van der Waals surface area contributed by atoms with E-state index in [1.807, 2.05) is 24.3 Å². The molecule has 6 nitrogen and oxygen atoms in total. The van der Waals surface area contributed by atoms with Gasteiger partial charge in [0.1, 0.15) is 11.6 Å². The second-order valence-electron chi connectivity index (χ2n) is 7.49. The summed E-state index contributed by atoms with van der Waals surface area (Å²) in [5.74, 6) is 0.0543. The molecule has 3 rings (SSSR count). The fourth-order valence-electron chi connectivity index (χ4n) is 3.48. The van der Waals surface area contributed by atoms with Crippen LogP contribution < -0.4 is 10.1 Å². The minimum Gasteiger partial charge on any atom is -0.497 e. The number of carbonyl (C=O) groups is 1. The van der Waals surface area contributed by atoms with E-state index in [4.69, 9.17) is 4.74 Å². The number of rotatable bonds is 6. The van der Waals surface area contributed by atoms with E-state index in [2.05, 4.69) is 5.32 Å².